The molecule has 1 N–H and O–H groups in total. The second-order valence-electron chi connectivity index (χ2n) is 6.60. The van der Waals surface area contributed by atoms with E-state index in [1.165, 1.54) is 23.1 Å². The van der Waals surface area contributed by atoms with Crippen LogP contribution in [0.4, 0.5) is 0 Å². The number of aryl methyl sites for hydroxylation is 2. The second kappa shape index (κ2) is 6.20. The van der Waals surface area contributed by atoms with Gasteiger partial charge in [0.05, 0.1) is 6.04 Å². The fourth-order valence-corrected chi connectivity index (χ4v) is 3.53. The summed E-state index contributed by atoms with van der Waals surface area (Å²) in [6, 6.07) is 14.2. The number of nitrogens with zero attached hydrogens (tertiary/aromatic N) is 1. The highest BCUT2D eigenvalue weighted by Crippen LogP contribution is 2.33. The Balaban J connectivity index is 1.59. The van der Waals surface area contributed by atoms with E-state index in [4.69, 9.17) is 4.42 Å². The minimum atomic E-state index is -0.191. The van der Waals surface area contributed by atoms with Gasteiger partial charge in [0.25, 0.3) is 5.91 Å². The fourth-order valence-electron chi connectivity index (χ4n) is 3.53. The minimum absolute atomic E-state index is 0.0324. The van der Waals surface area contributed by atoms with Gasteiger partial charge < -0.3 is 9.73 Å². The predicted molar refractivity (Wildman–Crippen MR) is 96.4 cm³/mol. The van der Waals surface area contributed by atoms with Crippen LogP contribution in [0.5, 0.6) is 0 Å². The summed E-state index contributed by atoms with van der Waals surface area (Å²) in [6.45, 7) is 4.15. The summed E-state index contributed by atoms with van der Waals surface area (Å²) in [6.07, 6.45) is 3.25. The number of hydrogen-bond acceptors (Lipinski definition) is 3. The first kappa shape index (κ1) is 15.6. The summed E-state index contributed by atoms with van der Waals surface area (Å²) in [4.78, 5) is 16.9. The zero-order chi connectivity index (χ0) is 17.4. The fraction of sp³-hybridized carbons (Fsp3) is 0.238. The van der Waals surface area contributed by atoms with Crippen molar-refractivity contribution < 1.29 is 9.21 Å². The Bertz CT molecular complexity index is 925. The van der Waals surface area contributed by atoms with Gasteiger partial charge >= 0.3 is 0 Å². The Morgan fingerprint density at radius 1 is 1.16 bits per heavy atom. The highest BCUT2D eigenvalue weighted by atomic mass is 16.3. The van der Waals surface area contributed by atoms with E-state index in [0.717, 1.165) is 24.0 Å². The standard InChI is InChI=1S/C21H20N2O2/c1-13-6-8-15(9-7-13)20-19(22-12-25-20)21(24)23-18-11-10-16-14(2)4-3-5-17(16)18/h3-9,12,18H,10-11H2,1-2H3,(H,23,24). The smallest absolute Gasteiger partial charge is 0.274 e. The van der Waals surface area contributed by atoms with Crippen molar-refractivity contribution in [3.8, 4) is 11.3 Å². The molecule has 1 heterocycles. The average Bonchev–Trinajstić information content (AvgIpc) is 3.24. The van der Waals surface area contributed by atoms with Crippen LogP contribution < -0.4 is 5.32 Å². The van der Waals surface area contributed by atoms with Crippen LogP contribution in [0.1, 0.15) is 45.2 Å². The van der Waals surface area contributed by atoms with Gasteiger partial charge in [-0.2, -0.15) is 0 Å². The molecule has 4 heteroatoms. The molecule has 0 aliphatic heterocycles. The normalized spacial score (nSPS) is 15.8. The van der Waals surface area contributed by atoms with Crippen LogP contribution in [0.2, 0.25) is 0 Å². The Labute approximate surface area is 146 Å². The van der Waals surface area contributed by atoms with Crippen molar-refractivity contribution >= 4 is 5.91 Å². The molecule has 1 amide bonds. The molecule has 0 saturated carbocycles. The molecule has 1 aromatic heterocycles. The van der Waals surface area contributed by atoms with Crippen LogP contribution >= 0.6 is 0 Å². The van der Waals surface area contributed by atoms with Gasteiger partial charge in [0.2, 0.25) is 0 Å². The van der Waals surface area contributed by atoms with E-state index in [1.54, 1.807) is 0 Å². The number of aromatic nitrogens is 1. The summed E-state index contributed by atoms with van der Waals surface area (Å²) in [5.74, 6) is 0.323. The first-order valence-corrected chi connectivity index (χ1v) is 8.53. The highest BCUT2D eigenvalue weighted by molar-refractivity contribution is 5.97. The van der Waals surface area contributed by atoms with Gasteiger partial charge in [-0.1, -0.05) is 48.0 Å². The molecule has 3 aromatic rings. The quantitative estimate of drug-likeness (QED) is 0.774. The predicted octanol–water partition coefficient (Wildman–Crippen LogP) is 4.38. The third kappa shape index (κ3) is 2.84. The van der Waals surface area contributed by atoms with Gasteiger partial charge in [0.1, 0.15) is 0 Å². The molecule has 1 aliphatic carbocycles. The zero-order valence-electron chi connectivity index (χ0n) is 14.4. The topological polar surface area (TPSA) is 55.1 Å². The number of amides is 1. The van der Waals surface area contributed by atoms with Gasteiger partial charge in [0, 0.05) is 5.56 Å². The molecule has 126 valence electrons. The molecule has 1 unspecified atom stereocenters. The first-order chi connectivity index (χ1) is 12.1. The van der Waals surface area contributed by atoms with Gasteiger partial charge in [-0.15, -0.1) is 0 Å². The molecular weight excluding hydrogens is 312 g/mol. The molecule has 2 aromatic carbocycles. The third-order valence-corrected chi connectivity index (χ3v) is 4.91. The molecule has 4 rings (SSSR count). The number of nitrogens with one attached hydrogen (secondary N) is 1. The summed E-state index contributed by atoms with van der Waals surface area (Å²) < 4.78 is 5.49. The Hall–Kier alpha value is -2.88. The maximum Gasteiger partial charge on any atom is 0.274 e. The average molecular weight is 332 g/mol. The molecule has 4 nitrogen and oxygen atoms in total. The van der Waals surface area contributed by atoms with Crippen molar-refractivity contribution in [1.82, 2.24) is 10.3 Å². The molecular formula is C21H20N2O2. The highest BCUT2D eigenvalue weighted by Gasteiger charge is 2.27. The lowest BCUT2D eigenvalue weighted by atomic mass is 10.0. The number of hydrogen-bond donors (Lipinski definition) is 1. The third-order valence-electron chi connectivity index (χ3n) is 4.91. The van der Waals surface area contributed by atoms with Gasteiger partial charge in [0.15, 0.2) is 17.8 Å². The van der Waals surface area contributed by atoms with Crippen molar-refractivity contribution in [3.63, 3.8) is 0 Å². The van der Waals surface area contributed by atoms with Crippen molar-refractivity contribution in [2.24, 2.45) is 0 Å². The molecule has 0 radical (unpaired) electrons. The van der Waals surface area contributed by atoms with Crippen molar-refractivity contribution in [1.29, 1.82) is 0 Å². The second-order valence-corrected chi connectivity index (χ2v) is 6.60. The Morgan fingerprint density at radius 3 is 2.76 bits per heavy atom. The van der Waals surface area contributed by atoms with Gasteiger partial charge in [-0.25, -0.2) is 4.98 Å². The SMILES string of the molecule is Cc1ccc(-c2ocnc2C(=O)NC2CCc3c(C)cccc32)cc1. The number of fused-ring (bicyclic) bond motifs is 1. The van der Waals surface area contributed by atoms with E-state index in [2.05, 4.69) is 29.4 Å². The Kier molecular flexibility index (Phi) is 3.88. The first-order valence-electron chi connectivity index (χ1n) is 8.53. The molecule has 0 fully saturated rings. The lowest BCUT2D eigenvalue weighted by Crippen LogP contribution is -2.27. The van der Waals surface area contributed by atoms with Crippen LogP contribution in [0.15, 0.2) is 53.3 Å². The number of rotatable bonds is 3. The van der Waals surface area contributed by atoms with Crippen molar-refractivity contribution in [2.45, 2.75) is 32.7 Å². The summed E-state index contributed by atoms with van der Waals surface area (Å²) >= 11 is 0. The maximum absolute atomic E-state index is 12.8. The van der Waals surface area contributed by atoms with E-state index >= 15 is 0 Å². The minimum Gasteiger partial charge on any atom is -0.443 e. The summed E-state index contributed by atoms with van der Waals surface area (Å²) in [5.41, 5.74) is 6.21. The molecule has 25 heavy (non-hydrogen) atoms. The Morgan fingerprint density at radius 2 is 1.96 bits per heavy atom. The molecule has 0 saturated heterocycles. The van der Waals surface area contributed by atoms with Crippen LogP contribution in [0, 0.1) is 13.8 Å². The number of benzene rings is 2. The van der Waals surface area contributed by atoms with Crippen molar-refractivity contribution in [2.75, 3.05) is 0 Å². The molecule has 0 bridgehead atoms. The van der Waals surface area contributed by atoms with Crippen LogP contribution in [-0.2, 0) is 6.42 Å². The van der Waals surface area contributed by atoms with E-state index in [1.807, 2.05) is 37.3 Å². The van der Waals surface area contributed by atoms with Crippen LogP contribution in [0.3, 0.4) is 0 Å². The lowest BCUT2D eigenvalue weighted by molar-refractivity contribution is 0.0932. The number of carbonyl (C=O) groups excluding carboxylic acids is 1. The van der Waals surface area contributed by atoms with E-state index in [0.29, 0.717) is 11.5 Å². The van der Waals surface area contributed by atoms with E-state index in [9.17, 15) is 4.79 Å². The van der Waals surface area contributed by atoms with E-state index < -0.39 is 0 Å². The number of oxazole rings is 1. The zero-order valence-corrected chi connectivity index (χ0v) is 14.4. The van der Waals surface area contributed by atoms with E-state index in [-0.39, 0.29) is 11.9 Å². The van der Waals surface area contributed by atoms with Crippen LogP contribution in [0.25, 0.3) is 11.3 Å². The molecule has 1 aliphatic rings. The molecule has 1 atom stereocenters. The van der Waals surface area contributed by atoms with Crippen molar-refractivity contribution in [3.05, 3.63) is 76.8 Å². The number of carbonyl (C=O) groups is 1. The van der Waals surface area contributed by atoms with Gasteiger partial charge in [-0.05, 0) is 43.4 Å². The maximum atomic E-state index is 12.8. The summed E-state index contributed by atoms with van der Waals surface area (Å²) in [5, 5.41) is 3.12. The summed E-state index contributed by atoms with van der Waals surface area (Å²) in [7, 11) is 0. The van der Waals surface area contributed by atoms with Gasteiger partial charge in [-0.3, -0.25) is 4.79 Å². The monoisotopic (exact) mass is 332 g/mol. The lowest BCUT2D eigenvalue weighted by Gasteiger charge is -2.14. The largest absolute Gasteiger partial charge is 0.443 e. The molecule has 0 spiro atoms. The van der Waals surface area contributed by atoms with Crippen LogP contribution in [-0.4, -0.2) is 10.9 Å².